The van der Waals surface area contributed by atoms with E-state index in [1.54, 1.807) is 30.0 Å². The zero-order valence-electron chi connectivity index (χ0n) is 24.7. The van der Waals surface area contributed by atoms with Gasteiger partial charge < -0.3 is 20.1 Å². The lowest BCUT2D eigenvalue weighted by atomic mass is 9.68. The van der Waals surface area contributed by atoms with E-state index in [2.05, 4.69) is 10.3 Å². The molecule has 2 aliphatic heterocycles. The van der Waals surface area contributed by atoms with Crippen molar-refractivity contribution in [1.82, 2.24) is 9.88 Å². The number of carboxylic acids is 1. The number of nitrogens with zero attached hydrogens (tertiary/aromatic N) is 1. The molecule has 1 aromatic heterocycles. The van der Waals surface area contributed by atoms with Crippen molar-refractivity contribution in [3.05, 3.63) is 74.7 Å². The van der Waals surface area contributed by atoms with Crippen LogP contribution < -0.4 is 14.9 Å². The van der Waals surface area contributed by atoms with Crippen LogP contribution in [-0.4, -0.2) is 56.6 Å². The van der Waals surface area contributed by atoms with E-state index in [1.165, 1.54) is 0 Å². The van der Waals surface area contributed by atoms with Crippen LogP contribution in [0.2, 0.25) is 0 Å². The molecular weight excluding hydrogens is 615 g/mol. The van der Waals surface area contributed by atoms with E-state index < -0.39 is 23.8 Å². The number of ether oxygens (including phenoxy) is 1. The van der Waals surface area contributed by atoms with Gasteiger partial charge in [0.15, 0.2) is 6.61 Å². The molecule has 3 aromatic rings. The highest BCUT2D eigenvalue weighted by Gasteiger charge is 2.70. The highest BCUT2D eigenvalue weighted by atomic mass is 32.2. The molecule has 0 radical (unpaired) electrons. The van der Waals surface area contributed by atoms with Crippen LogP contribution in [0.25, 0.3) is 0 Å². The topological polar surface area (TPSA) is 146 Å². The number of aromatic nitrogens is 1. The first-order chi connectivity index (χ1) is 21.6. The van der Waals surface area contributed by atoms with Crippen LogP contribution in [0.5, 0.6) is 5.75 Å². The fourth-order valence-electron chi connectivity index (χ4n) is 8.15. The van der Waals surface area contributed by atoms with E-state index in [1.807, 2.05) is 50.2 Å². The Morgan fingerprint density at radius 1 is 1.04 bits per heavy atom. The number of H-pyrrole nitrogens is 1. The quantitative estimate of drug-likeness (QED) is 0.290. The molecule has 3 amide bonds. The van der Waals surface area contributed by atoms with E-state index in [4.69, 9.17) is 4.74 Å². The number of benzene rings is 2. The largest absolute Gasteiger partial charge is 0.484 e. The maximum atomic E-state index is 13.9. The number of hydrogen-bond acceptors (Lipinski definition) is 8. The number of thiazole rings is 1. The predicted octanol–water partition coefficient (Wildman–Crippen LogP) is 4.43. The summed E-state index contributed by atoms with van der Waals surface area (Å²) in [4.78, 5) is 69.9. The average molecular weight is 648 g/mol. The van der Waals surface area contributed by atoms with Crippen LogP contribution in [0.3, 0.4) is 0 Å². The van der Waals surface area contributed by atoms with E-state index in [0.29, 0.717) is 17.9 Å². The van der Waals surface area contributed by atoms with Crippen LogP contribution in [0.4, 0.5) is 5.69 Å². The molecule has 8 atom stereocenters. The molecule has 3 fully saturated rings. The zero-order chi connectivity index (χ0) is 31.6. The Hall–Kier alpha value is -3.90. The normalized spacial score (nSPS) is 28.5. The third-order valence-corrected chi connectivity index (χ3v) is 12.3. The van der Waals surface area contributed by atoms with Crippen molar-refractivity contribution < 1.29 is 29.0 Å². The van der Waals surface area contributed by atoms with Gasteiger partial charge in [-0.15, -0.1) is 11.8 Å². The molecule has 10 nitrogen and oxygen atoms in total. The number of carboxylic acid groups (broad SMARTS) is 1. The van der Waals surface area contributed by atoms with E-state index >= 15 is 0 Å². The lowest BCUT2D eigenvalue weighted by Crippen LogP contribution is -2.47. The molecule has 3 heterocycles. The molecule has 1 saturated heterocycles. The molecule has 0 spiro atoms. The van der Waals surface area contributed by atoms with Gasteiger partial charge in [-0.3, -0.25) is 24.1 Å². The summed E-state index contributed by atoms with van der Waals surface area (Å²) in [5.74, 6) is -3.31. The van der Waals surface area contributed by atoms with Crippen molar-refractivity contribution in [2.75, 3.05) is 11.9 Å². The number of carbonyl (C=O) groups excluding carboxylic acids is 3. The first-order valence-corrected chi connectivity index (χ1v) is 16.9. The summed E-state index contributed by atoms with van der Waals surface area (Å²) >= 11 is 2.74. The lowest BCUT2D eigenvalue weighted by Gasteiger charge is -2.43. The summed E-state index contributed by atoms with van der Waals surface area (Å²) in [7, 11) is 0. The molecule has 45 heavy (non-hydrogen) atoms. The minimum Gasteiger partial charge on any atom is -0.484 e. The van der Waals surface area contributed by atoms with Crippen LogP contribution in [-0.2, 0) is 19.2 Å². The number of anilines is 1. The van der Waals surface area contributed by atoms with Gasteiger partial charge >= 0.3 is 10.8 Å². The Bertz CT molecular complexity index is 1740. The summed E-state index contributed by atoms with van der Waals surface area (Å²) in [6.07, 6.45) is 0.914. The average Bonchev–Trinajstić information content (AvgIpc) is 3.74. The Morgan fingerprint density at radius 3 is 2.49 bits per heavy atom. The molecular formula is C33H33N3O7S2. The van der Waals surface area contributed by atoms with Gasteiger partial charge in [0, 0.05) is 21.7 Å². The number of thioether (sulfide) groups is 1. The number of para-hydroxylation sites is 1. The predicted molar refractivity (Wildman–Crippen MR) is 168 cm³/mol. The fourth-order valence-corrected chi connectivity index (χ4v) is 11.0. The Kier molecular flexibility index (Phi) is 7.60. The molecule has 7 rings (SSSR count). The van der Waals surface area contributed by atoms with Crippen molar-refractivity contribution in [2.24, 2.45) is 35.5 Å². The fraction of sp³-hybridized carbons (Fsp3) is 0.424. The summed E-state index contributed by atoms with van der Waals surface area (Å²) < 4.78 is 5.89. The highest BCUT2D eigenvalue weighted by Crippen LogP contribution is 2.68. The van der Waals surface area contributed by atoms with Gasteiger partial charge in [-0.2, -0.15) is 0 Å². The number of aliphatic carboxylic acids is 1. The first kappa shape index (κ1) is 29.8. The van der Waals surface area contributed by atoms with Gasteiger partial charge in [-0.05, 0) is 66.3 Å². The highest BCUT2D eigenvalue weighted by molar-refractivity contribution is 8.00. The monoisotopic (exact) mass is 647 g/mol. The van der Waals surface area contributed by atoms with Gasteiger partial charge in [0.05, 0.1) is 16.9 Å². The van der Waals surface area contributed by atoms with Gasteiger partial charge in [-0.25, -0.2) is 4.79 Å². The molecule has 234 valence electrons. The van der Waals surface area contributed by atoms with Crippen molar-refractivity contribution >= 4 is 52.5 Å². The van der Waals surface area contributed by atoms with Crippen LogP contribution >= 0.6 is 23.1 Å². The number of hydrogen-bond donors (Lipinski definition) is 3. The molecule has 2 aliphatic carbocycles. The van der Waals surface area contributed by atoms with Crippen molar-refractivity contribution in [3.63, 3.8) is 0 Å². The van der Waals surface area contributed by atoms with Gasteiger partial charge in [0.25, 0.3) is 5.91 Å². The molecule has 3 N–H and O–H groups in total. The molecule has 2 bridgehead atoms. The second-order valence-corrected chi connectivity index (χ2v) is 15.0. The number of rotatable bonds is 9. The molecule has 4 aliphatic rings. The molecule has 2 saturated carbocycles. The van der Waals surface area contributed by atoms with Crippen molar-refractivity contribution in [1.29, 1.82) is 0 Å². The summed E-state index contributed by atoms with van der Waals surface area (Å²) in [5.41, 5.74) is 1.58. The van der Waals surface area contributed by atoms with E-state index in [-0.39, 0.29) is 70.5 Å². The van der Waals surface area contributed by atoms with E-state index in [9.17, 15) is 29.1 Å². The van der Waals surface area contributed by atoms with Gasteiger partial charge in [0.2, 0.25) is 11.8 Å². The summed E-state index contributed by atoms with van der Waals surface area (Å²) in [5, 5.41) is 13.6. The zero-order valence-corrected chi connectivity index (χ0v) is 26.3. The second-order valence-electron chi connectivity index (χ2n) is 12.8. The molecule has 2 aromatic carbocycles. The number of amides is 3. The molecule has 7 unspecified atom stereocenters. The number of fused-ring (bicyclic) bond motifs is 9. The number of nitrogens with one attached hydrogen (secondary N) is 2. The second kappa shape index (κ2) is 11.5. The Balaban J connectivity index is 1.18. The van der Waals surface area contributed by atoms with Crippen molar-refractivity contribution in [3.8, 4) is 5.75 Å². The Morgan fingerprint density at radius 2 is 1.78 bits per heavy atom. The van der Waals surface area contributed by atoms with Crippen LogP contribution in [0, 0.1) is 35.5 Å². The van der Waals surface area contributed by atoms with Crippen molar-refractivity contribution in [2.45, 2.75) is 48.9 Å². The third kappa shape index (κ3) is 5.07. The standard InChI is InChI=1S/C33H33N3O7S2/c1-15(2)11-21(32(40)41)36-30(38)25-19-13-20(26(25)31(36)39)27-24(19)23(28-29(44-27)35-33(42)45-28)16-7-6-10-18(12-16)43-14-22(37)34-17-8-4-3-5-9-17/h3-10,12,15,19-21,23-27H,11,13-14H2,1-2H3,(H,34,37)(H,35,42)(H,40,41)/t19?,20?,21?,23-,24?,25?,26?,27?/m1/s1. The van der Waals surface area contributed by atoms with Crippen LogP contribution in [0.15, 0.2) is 64.4 Å². The van der Waals surface area contributed by atoms with Crippen LogP contribution in [0.1, 0.15) is 43.0 Å². The van der Waals surface area contributed by atoms with Gasteiger partial charge in [0.1, 0.15) is 11.8 Å². The summed E-state index contributed by atoms with van der Waals surface area (Å²) in [6, 6.07) is 15.5. The minimum atomic E-state index is -1.17. The summed E-state index contributed by atoms with van der Waals surface area (Å²) in [6.45, 7) is 3.58. The van der Waals surface area contributed by atoms with Gasteiger partial charge in [-0.1, -0.05) is 55.5 Å². The first-order valence-electron chi connectivity index (χ1n) is 15.2. The molecule has 12 heteroatoms. The van der Waals surface area contributed by atoms with E-state index in [0.717, 1.165) is 31.7 Å². The number of carbonyl (C=O) groups is 4. The minimum absolute atomic E-state index is 0.00176. The maximum absolute atomic E-state index is 13.9. The SMILES string of the molecule is CC(C)CC(C(=O)O)N1C(=O)C2C3CC(C2C1=O)C1C3Sc2[nH]c(=O)sc2[C@@H]1c1cccc(OCC(=O)Nc2ccccc2)c1. The number of imide groups is 1. The lowest BCUT2D eigenvalue weighted by molar-refractivity contribution is -0.156. The Labute approximate surface area is 267 Å². The number of likely N-dealkylation sites (tertiary alicyclic amines) is 1. The number of aromatic amines is 1. The third-order valence-electron chi connectivity index (χ3n) is 9.69. The maximum Gasteiger partial charge on any atom is 0.326 e. The smallest absolute Gasteiger partial charge is 0.326 e.